The Hall–Kier alpha value is -0.860. The average Bonchev–Trinajstić information content (AvgIpc) is 2.50. The summed E-state index contributed by atoms with van der Waals surface area (Å²) in [5.74, 6) is 1.69. The lowest BCUT2D eigenvalue weighted by Gasteiger charge is -2.31. The van der Waals surface area contributed by atoms with Crippen LogP contribution < -0.4 is 5.32 Å². The van der Waals surface area contributed by atoms with Crippen molar-refractivity contribution < 1.29 is 0 Å². The number of rotatable bonds is 3. The van der Waals surface area contributed by atoms with Crippen LogP contribution in [0.15, 0.2) is 24.3 Å². The molecule has 0 aliphatic carbocycles. The summed E-state index contributed by atoms with van der Waals surface area (Å²) in [6, 6.07) is 9.25. The molecule has 2 fully saturated rings. The molecule has 1 N–H and O–H groups in total. The lowest BCUT2D eigenvalue weighted by atomic mass is 9.82. The minimum atomic E-state index is 0.795. The zero-order chi connectivity index (χ0) is 13.8. The summed E-state index contributed by atoms with van der Waals surface area (Å²) in [6.45, 7) is 4.93. The zero-order valence-electron chi connectivity index (χ0n) is 12.8. The van der Waals surface area contributed by atoms with E-state index in [0.717, 1.165) is 11.8 Å². The van der Waals surface area contributed by atoms with E-state index in [1.165, 1.54) is 58.3 Å². The Morgan fingerprint density at radius 1 is 1.05 bits per heavy atom. The quantitative estimate of drug-likeness (QED) is 0.910. The number of hydrogen-bond donors (Lipinski definition) is 1. The SMILES string of the molecule is CN1CCC(c2ccccc2CC2CCNCC2)CC1. The van der Waals surface area contributed by atoms with Crippen molar-refractivity contribution in [2.75, 3.05) is 33.2 Å². The molecule has 1 aromatic rings. The third-order valence-corrected chi connectivity index (χ3v) is 5.18. The first-order valence-corrected chi connectivity index (χ1v) is 8.30. The number of nitrogens with one attached hydrogen (secondary N) is 1. The molecule has 2 heteroatoms. The number of piperidine rings is 2. The van der Waals surface area contributed by atoms with Crippen LogP contribution in [-0.4, -0.2) is 38.1 Å². The topological polar surface area (TPSA) is 15.3 Å². The van der Waals surface area contributed by atoms with Crippen LogP contribution >= 0.6 is 0 Å². The summed E-state index contributed by atoms with van der Waals surface area (Å²) < 4.78 is 0. The molecule has 0 unspecified atom stereocenters. The fourth-order valence-corrected chi connectivity index (χ4v) is 3.83. The fourth-order valence-electron chi connectivity index (χ4n) is 3.83. The molecule has 3 rings (SSSR count). The molecule has 0 bridgehead atoms. The lowest BCUT2D eigenvalue weighted by molar-refractivity contribution is 0.254. The summed E-state index contributed by atoms with van der Waals surface area (Å²) in [7, 11) is 2.25. The van der Waals surface area contributed by atoms with Gasteiger partial charge in [-0.2, -0.15) is 0 Å². The molecule has 2 saturated heterocycles. The highest BCUT2D eigenvalue weighted by atomic mass is 15.1. The highest BCUT2D eigenvalue weighted by Crippen LogP contribution is 2.32. The molecule has 0 radical (unpaired) electrons. The van der Waals surface area contributed by atoms with Gasteiger partial charge in [0.05, 0.1) is 0 Å². The normalized spacial score (nSPS) is 23.1. The van der Waals surface area contributed by atoms with Gasteiger partial charge in [-0.1, -0.05) is 24.3 Å². The number of benzene rings is 1. The maximum Gasteiger partial charge on any atom is -0.00159 e. The largest absolute Gasteiger partial charge is 0.317 e. The first kappa shape index (κ1) is 14.1. The van der Waals surface area contributed by atoms with Crippen molar-refractivity contribution >= 4 is 0 Å². The molecule has 2 nitrogen and oxygen atoms in total. The summed E-state index contributed by atoms with van der Waals surface area (Å²) in [4.78, 5) is 2.46. The third-order valence-electron chi connectivity index (χ3n) is 5.18. The van der Waals surface area contributed by atoms with E-state index >= 15 is 0 Å². The Bertz CT molecular complexity index is 415. The Kier molecular flexibility index (Phi) is 4.74. The van der Waals surface area contributed by atoms with E-state index in [-0.39, 0.29) is 0 Å². The van der Waals surface area contributed by atoms with Crippen molar-refractivity contribution in [3.05, 3.63) is 35.4 Å². The molecule has 20 heavy (non-hydrogen) atoms. The monoisotopic (exact) mass is 272 g/mol. The molecule has 0 aromatic heterocycles. The first-order chi connectivity index (χ1) is 9.83. The number of likely N-dealkylation sites (tertiary alicyclic amines) is 1. The van der Waals surface area contributed by atoms with Crippen LogP contribution in [0.2, 0.25) is 0 Å². The van der Waals surface area contributed by atoms with Crippen LogP contribution in [0, 0.1) is 5.92 Å². The molecule has 0 saturated carbocycles. The maximum atomic E-state index is 3.48. The van der Waals surface area contributed by atoms with Gasteiger partial charge in [-0.05, 0) is 88.3 Å². The molecule has 2 aliphatic rings. The Morgan fingerprint density at radius 3 is 2.50 bits per heavy atom. The lowest BCUT2D eigenvalue weighted by Crippen LogP contribution is -2.30. The van der Waals surface area contributed by atoms with Crippen LogP contribution in [-0.2, 0) is 6.42 Å². The summed E-state index contributed by atoms with van der Waals surface area (Å²) in [6.07, 6.45) is 6.66. The minimum absolute atomic E-state index is 0.795. The van der Waals surface area contributed by atoms with E-state index in [1.54, 1.807) is 11.1 Å². The van der Waals surface area contributed by atoms with Gasteiger partial charge >= 0.3 is 0 Å². The molecule has 2 heterocycles. The van der Waals surface area contributed by atoms with Gasteiger partial charge in [0.25, 0.3) is 0 Å². The van der Waals surface area contributed by atoms with Gasteiger partial charge in [0.1, 0.15) is 0 Å². The summed E-state index contributed by atoms with van der Waals surface area (Å²) in [5, 5.41) is 3.48. The molecule has 110 valence electrons. The zero-order valence-corrected chi connectivity index (χ0v) is 12.8. The maximum absolute atomic E-state index is 3.48. The standard InChI is InChI=1S/C18H28N2/c1-20-12-8-16(9-13-20)18-5-3-2-4-17(18)14-15-6-10-19-11-7-15/h2-5,15-16,19H,6-14H2,1H3. The second-order valence-corrected chi connectivity index (χ2v) is 6.67. The second-order valence-electron chi connectivity index (χ2n) is 6.67. The van der Waals surface area contributed by atoms with E-state index < -0.39 is 0 Å². The molecular weight excluding hydrogens is 244 g/mol. The summed E-state index contributed by atoms with van der Waals surface area (Å²) >= 11 is 0. The van der Waals surface area contributed by atoms with Crippen molar-refractivity contribution in [1.29, 1.82) is 0 Å². The van der Waals surface area contributed by atoms with Gasteiger partial charge in [-0.3, -0.25) is 0 Å². The van der Waals surface area contributed by atoms with Crippen molar-refractivity contribution in [2.45, 2.75) is 38.0 Å². The Balaban J connectivity index is 1.70. The van der Waals surface area contributed by atoms with E-state index in [0.29, 0.717) is 0 Å². The van der Waals surface area contributed by atoms with Gasteiger partial charge in [0, 0.05) is 0 Å². The van der Waals surface area contributed by atoms with Crippen LogP contribution in [0.5, 0.6) is 0 Å². The molecular formula is C18H28N2. The highest BCUT2D eigenvalue weighted by molar-refractivity contribution is 5.31. The molecule has 0 amide bonds. The Morgan fingerprint density at radius 2 is 1.75 bits per heavy atom. The average molecular weight is 272 g/mol. The van der Waals surface area contributed by atoms with Gasteiger partial charge in [-0.25, -0.2) is 0 Å². The van der Waals surface area contributed by atoms with E-state index in [4.69, 9.17) is 0 Å². The number of nitrogens with zero attached hydrogens (tertiary/aromatic N) is 1. The predicted octanol–water partition coefficient (Wildman–Crippen LogP) is 3.04. The highest BCUT2D eigenvalue weighted by Gasteiger charge is 2.22. The second kappa shape index (κ2) is 6.73. The molecule has 0 atom stereocenters. The van der Waals surface area contributed by atoms with Gasteiger partial charge in [-0.15, -0.1) is 0 Å². The van der Waals surface area contributed by atoms with Crippen LogP contribution in [0.25, 0.3) is 0 Å². The molecule has 0 spiro atoms. The smallest absolute Gasteiger partial charge is 0.00159 e. The van der Waals surface area contributed by atoms with Crippen molar-refractivity contribution in [3.63, 3.8) is 0 Å². The van der Waals surface area contributed by atoms with E-state index in [1.807, 2.05) is 0 Å². The van der Waals surface area contributed by atoms with Gasteiger partial charge in [0.15, 0.2) is 0 Å². The summed E-state index contributed by atoms with van der Waals surface area (Å²) in [5.41, 5.74) is 3.29. The minimum Gasteiger partial charge on any atom is -0.317 e. The molecule has 2 aliphatic heterocycles. The van der Waals surface area contributed by atoms with Gasteiger partial charge in [0.2, 0.25) is 0 Å². The van der Waals surface area contributed by atoms with E-state index in [2.05, 4.69) is 41.5 Å². The third kappa shape index (κ3) is 3.42. The van der Waals surface area contributed by atoms with Crippen LogP contribution in [0.1, 0.15) is 42.7 Å². The van der Waals surface area contributed by atoms with Gasteiger partial charge < -0.3 is 10.2 Å². The Labute approximate surface area is 123 Å². The predicted molar refractivity (Wildman–Crippen MR) is 85.2 cm³/mol. The number of hydrogen-bond acceptors (Lipinski definition) is 2. The van der Waals surface area contributed by atoms with Crippen LogP contribution in [0.3, 0.4) is 0 Å². The van der Waals surface area contributed by atoms with Crippen LogP contribution in [0.4, 0.5) is 0 Å². The molecule has 1 aromatic carbocycles. The van der Waals surface area contributed by atoms with Crippen molar-refractivity contribution in [2.24, 2.45) is 5.92 Å². The van der Waals surface area contributed by atoms with E-state index in [9.17, 15) is 0 Å². The van der Waals surface area contributed by atoms with Crippen molar-refractivity contribution in [3.8, 4) is 0 Å². The fraction of sp³-hybridized carbons (Fsp3) is 0.667. The van der Waals surface area contributed by atoms with Crippen molar-refractivity contribution in [1.82, 2.24) is 10.2 Å². The first-order valence-electron chi connectivity index (χ1n) is 8.30.